The quantitative estimate of drug-likeness (QED) is 0.774. The van der Waals surface area contributed by atoms with Crippen LogP contribution in [0.2, 0.25) is 5.02 Å². The molecule has 0 spiro atoms. The number of hydrogen-bond donors (Lipinski definition) is 2. The van der Waals surface area contributed by atoms with Crippen molar-refractivity contribution < 1.29 is 9.84 Å². The zero-order valence-corrected chi connectivity index (χ0v) is 10.6. The first-order chi connectivity index (χ1) is 8.72. The molecule has 0 radical (unpaired) electrons. The zero-order chi connectivity index (χ0) is 13.0. The molecule has 1 aromatic heterocycles. The molecule has 2 N–H and O–H groups in total. The highest BCUT2D eigenvalue weighted by atomic mass is 35.5. The molecular weight excluding hydrogens is 260 g/mol. The second-order valence-electron chi connectivity index (χ2n) is 3.84. The maximum absolute atomic E-state index is 11.8. The monoisotopic (exact) mass is 274 g/mol. The number of anilines is 1. The third-order valence-corrected chi connectivity index (χ3v) is 2.95. The van der Waals surface area contributed by atoms with Crippen LogP contribution in [0.4, 0.5) is 5.69 Å². The number of rotatable bonds is 4. The number of aliphatic hydroxyl groups is 1. The number of aromatic nitrogens is 2. The van der Waals surface area contributed by atoms with E-state index in [-0.39, 0.29) is 18.2 Å². The Kier molecular flexibility index (Phi) is 4.54. The predicted molar refractivity (Wildman–Crippen MR) is 66.6 cm³/mol. The van der Waals surface area contributed by atoms with E-state index in [1.54, 1.807) is 0 Å². The Bertz CT molecular complexity index is 459. The Labute approximate surface area is 109 Å². The Hall–Kier alpha value is -1.15. The van der Waals surface area contributed by atoms with Crippen molar-refractivity contribution >= 4 is 17.3 Å². The van der Waals surface area contributed by atoms with Crippen LogP contribution in [0.15, 0.2) is 11.0 Å². The van der Waals surface area contributed by atoms with E-state index in [0.29, 0.717) is 18.9 Å². The van der Waals surface area contributed by atoms with Crippen LogP contribution >= 0.6 is 11.6 Å². The van der Waals surface area contributed by atoms with E-state index in [0.717, 1.165) is 17.8 Å². The first kappa shape index (κ1) is 13.3. The van der Waals surface area contributed by atoms with Crippen molar-refractivity contribution in [1.29, 1.82) is 0 Å². The fraction of sp³-hybridized carbons (Fsp3) is 0.600. The van der Waals surface area contributed by atoms with Gasteiger partial charge in [-0.25, -0.2) is 9.69 Å². The van der Waals surface area contributed by atoms with Crippen molar-refractivity contribution in [2.45, 2.75) is 6.54 Å². The summed E-state index contributed by atoms with van der Waals surface area (Å²) in [4.78, 5) is 11.8. The molecule has 0 aliphatic carbocycles. The number of nitrogens with one attached hydrogen (secondary N) is 1. The van der Waals surface area contributed by atoms with E-state index in [4.69, 9.17) is 21.4 Å². The van der Waals surface area contributed by atoms with Crippen LogP contribution in [0.5, 0.6) is 0 Å². The molecule has 0 saturated carbocycles. The summed E-state index contributed by atoms with van der Waals surface area (Å²) < 4.78 is 6.35. The number of morpholine rings is 1. The highest BCUT2D eigenvalue weighted by Crippen LogP contribution is 2.16. The minimum atomic E-state index is -0.413. The van der Waals surface area contributed by atoms with Crippen LogP contribution in [0, 0.1) is 0 Å². The fourth-order valence-corrected chi connectivity index (χ4v) is 1.83. The van der Waals surface area contributed by atoms with Gasteiger partial charge in [0.05, 0.1) is 38.2 Å². The van der Waals surface area contributed by atoms with Crippen LogP contribution < -0.4 is 11.0 Å². The van der Waals surface area contributed by atoms with Gasteiger partial charge in [0.2, 0.25) is 0 Å². The number of nitrogens with zero attached hydrogens (tertiary/aromatic N) is 3. The summed E-state index contributed by atoms with van der Waals surface area (Å²) in [6, 6.07) is 0. The Balaban J connectivity index is 2.13. The highest BCUT2D eigenvalue weighted by Gasteiger charge is 2.14. The largest absolute Gasteiger partial charge is 0.394 e. The smallest absolute Gasteiger partial charge is 0.287 e. The first-order valence-electron chi connectivity index (χ1n) is 5.68. The molecule has 0 unspecified atom stereocenters. The molecule has 100 valence electrons. The molecule has 18 heavy (non-hydrogen) atoms. The third kappa shape index (κ3) is 2.99. The summed E-state index contributed by atoms with van der Waals surface area (Å²) in [5.41, 5.74) is 3.10. The number of halogens is 1. The SMILES string of the molecule is O=c1c(Cl)c(NN2CCOCC2)cnn1CCO. The van der Waals surface area contributed by atoms with Gasteiger partial charge in [-0.15, -0.1) is 0 Å². The summed E-state index contributed by atoms with van der Waals surface area (Å²) >= 11 is 5.98. The highest BCUT2D eigenvalue weighted by molar-refractivity contribution is 6.32. The average Bonchev–Trinajstić information content (AvgIpc) is 2.40. The van der Waals surface area contributed by atoms with Gasteiger partial charge in [-0.2, -0.15) is 5.10 Å². The summed E-state index contributed by atoms with van der Waals surface area (Å²) in [6.45, 7) is 2.70. The van der Waals surface area contributed by atoms with E-state index >= 15 is 0 Å². The second kappa shape index (κ2) is 6.14. The molecule has 0 aromatic carbocycles. The molecule has 0 amide bonds. The topological polar surface area (TPSA) is 79.6 Å². The van der Waals surface area contributed by atoms with Gasteiger partial charge < -0.3 is 15.3 Å². The van der Waals surface area contributed by atoms with Crippen LogP contribution in [-0.4, -0.2) is 52.8 Å². The van der Waals surface area contributed by atoms with Gasteiger partial charge in [-0.3, -0.25) is 4.79 Å². The van der Waals surface area contributed by atoms with Crippen molar-refractivity contribution in [3.05, 3.63) is 21.6 Å². The maximum atomic E-state index is 11.8. The molecule has 2 heterocycles. The molecular formula is C10H15ClN4O3. The normalized spacial score (nSPS) is 16.8. The van der Waals surface area contributed by atoms with Crippen molar-refractivity contribution in [3.63, 3.8) is 0 Å². The van der Waals surface area contributed by atoms with E-state index < -0.39 is 5.56 Å². The summed E-state index contributed by atoms with van der Waals surface area (Å²) in [5, 5.41) is 14.7. The predicted octanol–water partition coefficient (Wildman–Crippen LogP) is -0.452. The maximum Gasteiger partial charge on any atom is 0.287 e. The number of hydrogen-bond acceptors (Lipinski definition) is 6. The lowest BCUT2D eigenvalue weighted by Crippen LogP contribution is -2.41. The number of hydrazine groups is 1. The zero-order valence-electron chi connectivity index (χ0n) is 9.80. The van der Waals surface area contributed by atoms with Crippen molar-refractivity contribution in [3.8, 4) is 0 Å². The fourth-order valence-electron chi connectivity index (χ4n) is 1.64. The van der Waals surface area contributed by atoms with Crippen LogP contribution in [0.3, 0.4) is 0 Å². The Morgan fingerprint density at radius 3 is 2.89 bits per heavy atom. The molecule has 1 aliphatic rings. The van der Waals surface area contributed by atoms with E-state index in [1.165, 1.54) is 6.20 Å². The average molecular weight is 275 g/mol. The summed E-state index contributed by atoms with van der Waals surface area (Å²) in [6.07, 6.45) is 1.48. The molecule has 1 aromatic rings. The number of aliphatic hydroxyl groups excluding tert-OH is 1. The number of ether oxygens (including phenoxy) is 1. The van der Waals surface area contributed by atoms with Crippen LogP contribution in [0.1, 0.15) is 0 Å². The molecule has 0 atom stereocenters. The van der Waals surface area contributed by atoms with Gasteiger partial charge in [-0.1, -0.05) is 11.6 Å². The van der Waals surface area contributed by atoms with E-state index in [2.05, 4.69) is 10.5 Å². The summed E-state index contributed by atoms with van der Waals surface area (Å²) in [7, 11) is 0. The molecule has 1 saturated heterocycles. The first-order valence-corrected chi connectivity index (χ1v) is 6.06. The molecule has 1 aliphatic heterocycles. The van der Waals surface area contributed by atoms with Crippen LogP contribution in [-0.2, 0) is 11.3 Å². The minimum absolute atomic E-state index is 0.0740. The van der Waals surface area contributed by atoms with Gasteiger partial charge in [0, 0.05) is 13.1 Å². The molecule has 2 rings (SSSR count). The van der Waals surface area contributed by atoms with Gasteiger partial charge in [0.1, 0.15) is 5.02 Å². The molecule has 0 bridgehead atoms. The lowest BCUT2D eigenvalue weighted by Gasteiger charge is -2.28. The summed E-state index contributed by atoms with van der Waals surface area (Å²) in [5.74, 6) is 0. The van der Waals surface area contributed by atoms with Crippen molar-refractivity contribution in [1.82, 2.24) is 14.8 Å². The van der Waals surface area contributed by atoms with Gasteiger partial charge in [-0.05, 0) is 0 Å². The minimum Gasteiger partial charge on any atom is -0.394 e. The molecule has 1 fully saturated rings. The Morgan fingerprint density at radius 1 is 1.50 bits per heavy atom. The van der Waals surface area contributed by atoms with Crippen molar-refractivity contribution in [2.24, 2.45) is 0 Å². The van der Waals surface area contributed by atoms with Gasteiger partial charge in [0.25, 0.3) is 5.56 Å². The Morgan fingerprint density at radius 2 is 2.22 bits per heavy atom. The van der Waals surface area contributed by atoms with Crippen LogP contribution in [0.25, 0.3) is 0 Å². The lowest BCUT2D eigenvalue weighted by molar-refractivity contribution is 0.0496. The third-order valence-electron chi connectivity index (χ3n) is 2.59. The van der Waals surface area contributed by atoms with E-state index in [9.17, 15) is 4.79 Å². The molecule has 7 nitrogen and oxygen atoms in total. The molecule has 8 heteroatoms. The standard InChI is InChI=1S/C10H15ClN4O3/c11-9-8(13-14-2-5-18-6-3-14)7-12-15(1-4-16)10(9)17/h7,13,16H,1-6H2. The van der Waals surface area contributed by atoms with E-state index in [1.807, 2.05) is 5.01 Å². The lowest BCUT2D eigenvalue weighted by atomic mass is 10.4. The van der Waals surface area contributed by atoms with Gasteiger partial charge >= 0.3 is 0 Å². The second-order valence-corrected chi connectivity index (χ2v) is 4.21. The van der Waals surface area contributed by atoms with Crippen molar-refractivity contribution in [2.75, 3.05) is 38.3 Å². The van der Waals surface area contributed by atoms with Gasteiger partial charge in [0.15, 0.2) is 0 Å².